The summed E-state index contributed by atoms with van der Waals surface area (Å²) in [5, 5.41) is 0. The van der Waals surface area contributed by atoms with Gasteiger partial charge >= 0.3 is 0 Å². The first-order valence-corrected chi connectivity index (χ1v) is 11.8. The maximum Gasteiger partial charge on any atom is 0.282 e. The molecule has 4 rings (SSSR count). The maximum absolute atomic E-state index is 12.9. The molecule has 0 spiro atoms. The maximum atomic E-state index is 12.9. The van der Waals surface area contributed by atoms with Gasteiger partial charge in [0.25, 0.3) is 21.7 Å². The number of likely N-dealkylation sites (N-methyl/N-ethyl adjacent to an activating group) is 1. The Labute approximate surface area is 182 Å². The number of nitrogens with zero attached hydrogens (tertiary/aromatic N) is 4. The fraction of sp³-hybridized carbons (Fsp3) is 0.429. The van der Waals surface area contributed by atoms with E-state index in [1.54, 1.807) is 11.0 Å². The van der Waals surface area contributed by atoms with Crippen LogP contribution >= 0.6 is 0 Å². The Morgan fingerprint density at radius 1 is 0.839 bits per heavy atom. The first kappa shape index (κ1) is 21.7. The van der Waals surface area contributed by atoms with Gasteiger partial charge in [-0.25, -0.2) is 0 Å². The summed E-state index contributed by atoms with van der Waals surface area (Å²) in [4.78, 5) is 31.8. The second kappa shape index (κ2) is 8.91. The number of hydrogen-bond donors (Lipinski definition) is 1. The van der Waals surface area contributed by atoms with E-state index in [0.29, 0.717) is 31.9 Å². The highest BCUT2D eigenvalue weighted by atomic mass is 32.2. The molecule has 9 nitrogen and oxygen atoms in total. The van der Waals surface area contributed by atoms with Crippen LogP contribution in [-0.2, 0) is 10.2 Å². The number of hydrogen-bond acceptors (Lipinski definition) is 5. The summed E-state index contributed by atoms with van der Waals surface area (Å²) in [6, 6.07) is 12.7. The highest BCUT2D eigenvalue weighted by molar-refractivity contribution is 7.86. The monoisotopic (exact) mass is 445 g/mol. The number of rotatable bonds is 4. The van der Waals surface area contributed by atoms with Gasteiger partial charge in [-0.2, -0.15) is 17.0 Å². The number of benzene rings is 1. The topological polar surface area (TPSA) is 97.0 Å². The van der Waals surface area contributed by atoms with E-state index in [0.717, 1.165) is 5.56 Å². The molecule has 0 aliphatic carbocycles. The normalized spacial score (nSPS) is 19.5. The summed E-state index contributed by atoms with van der Waals surface area (Å²) in [7, 11) is -1.56. The molecular formula is C21H27N5O4S. The van der Waals surface area contributed by atoms with Crippen LogP contribution in [0.1, 0.15) is 10.4 Å². The summed E-state index contributed by atoms with van der Waals surface area (Å²) in [6.07, 6.45) is 0. The Morgan fingerprint density at radius 2 is 1.42 bits per heavy atom. The zero-order valence-electron chi connectivity index (χ0n) is 17.5. The molecule has 1 aromatic heterocycles. The lowest BCUT2D eigenvalue weighted by molar-refractivity contribution is 0.0690. The largest absolute Gasteiger partial charge is 0.336 e. The van der Waals surface area contributed by atoms with E-state index in [2.05, 4.69) is 9.88 Å². The number of aromatic nitrogens is 1. The molecule has 1 amide bonds. The number of carbonyl (C=O) groups excluding carboxylic acids is 1. The van der Waals surface area contributed by atoms with Crippen molar-refractivity contribution in [3.8, 4) is 11.3 Å². The predicted octanol–water partition coefficient (Wildman–Crippen LogP) is 0.292. The van der Waals surface area contributed by atoms with Crippen molar-refractivity contribution >= 4 is 16.1 Å². The minimum Gasteiger partial charge on any atom is -0.336 e. The first-order valence-electron chi connectivity index (χ1n) is 10.4. The molecule has 10 heteroatoms. The van der Waals surface area contributed by atoms with Crippen molar-refractivity contribution in [1.82, 2.24) is 23.4 Å². The van der Waals surface area contributed by atoms with Crippen LogP contribution in [0.15, 0.2) is 47.3 Å². The SMILES string of the molecule is CN1CCN(S(=O)(=O)N2CCN(C(=O)c3ccc(-c4ccccc4)[nH]c3=O)CC2)CC1. The van der Waals surface area contributed by atoms with Crippen molar-refractivity contribution in [2.24, 2.45) is 0 Å². The molecule has 31 heavy (non-hydrogen) atoms. The summed E-state index contributed by atoms with van der Waals surface area (Å²) in [5.41, 5.74) is 1.13. The molecule has 0 bridgehead atoms. The average Bonchev–Trinajstić information content (AvgIpc) is 2.79. The van der Waals surface area contributed by atoms with Gasteiger partial charge < -0.3 is 14.8 Å². The number of H-pyrrole nitrogens is 1. The lowest BCUT2D eigenvalue weighted by Gasteiger charge is -2.39. The van der Waals surface area contributed by atoms with Crippen LogP contribution in [0.2, 0.25) is 0 Å². The third kappa shape index (κ3) is 4.57. The zero-order valence-corrected chi connectivity index (χ0v) is 18.3. The molecule has 0 saturated carbocycles. The quantitative estimate of drug-likeness (QED) is 0.730. The van der Waals surface area contributed by atoms with Gasteiger partial charge in [-0.15, -0.1) is 0 Å². The van der Waals surface area contributed by atoms with E-state index in [-0.39, 0.29) is 37.6 Å². The zero-order chi connectivity index (χ0) is 22.0. The number of pyridine rings is 1. The number of amides is 1. The number of aromatic amines is 1. The van der Waals surface area contributed by atoms with Crippen molar-refractivity contribution < 1.29 is 13.2 Å². The fourth-order valence-corrected chi connectivity index (χ4v) is 5.48. The fourth-order valence-electron chi connectivity index (χ4n) is 3.90. The number of nitrogens with one attached hydrogen (secondary N) is 1. The van der Waals surface area contributed by atoms with E-state index < -0.39 is 15.8 Å². The number of piperazine rings is 2. The van der Waals surface area contributed by atoms with Gasteiger partial charge in [-0.1, -0.05) is 30.3 Å². The Hall–Kier alpha value is -2.53. The highest BCUT2D eigenvalue weighted by Crippen LogP contribution is 2.17. The van der Waals surface area contributed by atoms with Crippen LogP contribution in [0.5, 0.6) is 0 Å². The van der Waals surface area contributed by atoms with Crippen LogP contribution in [0.25, 0.3) is 11.3 Å². The van der Waals surface area contributed by atoms with Crippen molar-refractivity contribution in [1.29, 1.82) is 0 Å². The summed E-state index contributed by atoms with van der Waals surface area (Å²) in [5.74, 6) is -0.377. The Bertz CT molecular complexity index is 1090. The minimum absolute atomic E-state index is 0.0649. The second-order valence-electron chi connectivity index (χ2n) is 7.88. The van der Waals surface area contributed by atoms with Gasteiger partial charge in [-0.05, 0) is 24.7 Å². The van der Waals surface area contributed by atoms with Crippen LogP contribution in [0.4, 0.5) is 0 Å². The molecule has 166 valence electrons. The van der Waals surface area contributed by atoms with Crippen molar-refractivity contribution in [2.75, 3.05) is 59.4 Å². The van der Waals surface area contributed by atoms with Crippen LogP contribution in [-0.4, -0.2) is 97.1 Å². The Balaban J connectivity index is 1.41. The van der Waals surface area contributed by atoms with Gasteiger partial charge in [0.1, 0.15) is 5.56 Å². The third-order valence-corrected chi connectivity index (χ3v) is 7.90. The molecule has 3 heterocycles. The minimum atomic E-state index is -3.53. The molecule has 2 fully saturated rings. The van der Waals surface area contributed by atoms with Gasteiger partial charge in [0, 0.05) is 58.1 Å². The highest BCUT2D eigenvalue weighted by Gasteiger charge is 2.35. The Kier molecular flexibility index (Phi) is 6.24. The van der Waals surface area contributed by atoms with Crippen LogP contribution in [0, 0.1) is 0 Å². The average molecular weight is 446 g/mol. The van der Waals surface area contributed by atoms with Crippen LogP contribution in [0.3, 0.4) is 0 Å². The number of carbonyl (C=O) groups is 1. The van der Waals surface area contributed by atoms with E-state index >= 15 is 0 Å². The van der Waals surface area contributed by atoms with Crippen molar-refractivity contribution in [2.45, 2.75) is 0 Å². The van der Waals surface area contributed by atoms with Gasteiger partial charge in [0.15, 0.2) is 0 Å². The molecule has 1 aromatic carbocycles. The first-order chi connectivity index (χ1) is 14.9. The lowest BCUT2D eigenvalue weighted by Crippen LogP contribution is -2.57. The molecular weight excluding hydrogens is 418 g/mol. The molecule has 0 unspecified atom stereocenters. The molecule has 2 aliphatic rings. The lowest BCUT2D eigenvalue weighted by atomic mass is 10.1. The van der Waals surface area contributed by atoms with Crippen LogP contribution < -0.4 is 5.56 Å². The standard InChI is InChI=1S/C21H27N5O4S/c1-23-9-13-25(14-10-23)31(29,30)26-15-11-24(12-16-26)21(28)18-7-8-19(22-20(18)27)17-5-3-2-4-6-17/h2-8H,9-16H2,1H3,(H,22,27). The third-order valence-electron chi connectivity index (χ3n) is 5.87. The molecule has 2 aromatic rings. The summed E-state index contributed by atoms with van der Waals surface area (Å²) < 4.78 is 28.7. The summed E-state index contributed by atoms with van der Waals surface area (Å²) >= 11 is 0. The molecule has 1 N–H and O–H groups in total. The molecule has 2 aliphatic heterocycles. The molecule has 2 saturated heterocycles. The molecule has 0 radical (unpaired) electrons. The van der Waals surface area contributed by atoms with E-state index in [1.165, 1.54) is 14.7 Å². The van der Waals surface area contributed by atoms with Crippen molar-refractivity contribution in [3.05, 3.63) is 58.4 Å². The van der Waals surface area contributed by atoms with E-state index in [1.807, 2.05) is 37.4 Å². The van der Waals surface area contributed by atoms with Gasteiger partial charge in [0.05, 0.1) is 0 Å². The van der Waals surface area contributed by atoms with E-state index in [9.17, 15) is 18.0 Å². The van der Waals surface area contributed by atoms with Crippen molar-refractivity contribution in [3.63, 3.8) is 0 Å². The smallest absolute Gasteiger partial charge is 0.282 e. The van der Waals surface area contributed by atoms with Gasteiger partial charge in [-0.3, -0.25) is 9.59 Å². The second-order valence-corrected chi connectivity index (χ2v) is 9.81. The molecule has 0 atom stereocenters. The Morgan fingerprint density at radius 3 is 2.00 bits per heavy atom. The summed E-state index contributed by atoms with van der Waals surface area (Å²) in [6.45, 7) is 3.32. The predicted molar refractivity (Wildman–Crippen MR) is 118 cm³/mol. The van der Waals surface area contributed by atoms with E-state index in [4.69, 9.17) is 0 Å². The van der Waals surface area contributed by atoms with Gasteiger partial charge in [0.2, 0.25) is 0 Å².